The largest absolute Gasteiger partial charge is 0.411 e. The van der Waals surface area contributed by atoms with Crippen molar-refractivity contribution in [2.75, 3.05) is 0 Å². The Morgan fingerprint density at radius 2 is 1.73 bits per heavy atom. The molecule has 0 aromatic carbocycles. The SMILES string of the molecule is CC[Si](CC)(CC)O[C@@]1(C)C[C@@H](C(C)(C)Cl)[C@H](C(C)=O)[C@H]1C. The number of hydrogen-bond acceptors (Lipinski definition) is 2. The van der Waals surface area contributed by atoms with Gasteiger partial charge in [-0.05, 0) is 64.1 Å². The lowest BCUT2D eigenvalue weighted by atomic mass is 9.80. The van der Waals surface area contributed by atoms with E-state index in [2.05, 4.69) is 34.6 Å². The molecule has 22 heavy (non-hydrogen) atoms. The minimum Gasteiger partial charge on any atom is -0.411 e. The molecule has 4 heteroatoms. The van der Waals surface area contributed by atoms with E-state index in [9.17, 15) is 4.79 Å². The van der Waals surface area contributed by atoms with Crippen LogP contribution in [0.3, 0.4) is 0 Å². The summed E-state index contributed by atoms with van der Waals surface area (Å²) in [4.78, 5) is 11.9. The van der Waals surface area contributed by atoms with Gasteiger partial charge >= 0.3 is 0 Å². The minimum atomic E-state index is -1.70. The minimum absolute atomic E-state index is 0.00904. The van der Waals surface area contributed by atoms with Gasteiger partial charge in [0.05, 0.1) is 5.60 Å². The third kappa shape index (κ3) is 3.79. The van der Waals surface area contributed by atoms with Gasteiger partial charge in [0.15, 0.2) is 8.32 Å². The van der Waals surface area contributed by atoms with E-state index in [0.29, 0.717) is 0 Å². The van der Waals surface area contributed by atoms with E-state index in [1.807, 2.05) is 13.8 Å². The van der Waals surface area contributed by atoms with Crippen LogP contribution < -0.4 is 0 Å². The number of alkyl halides is 1. The fourth-order valence-corrected chi connectivity index (χ4v) is 7.78. The maximum atomic E-state index is 12.3. The zero-order chi connectivity index (χ0) is 17.3. The van der Waals surface area contributed by atoms with Crippen molar-refractivity contribution in [1.29, 1.82) is 0 Å². The van der Waals surface area contributed by atoms with E-state index in [4.69, 9.17) is 16.0 Å². The van der Waals surface area contributed by atoms with Crippen molar-refractivity contribution in [1.82, 2.24) is 0 Å². The molecule has 0 unspecified atom stereocenters. The van der Waals surface area contributed by atoms with E-state index in [0.717, 1.165) is 24.6 Å². The van der Waals surface area contributed by atoms with Crippen LogP contribution in [0.15, 0.2) is 0 Å². The molecule has 0 radical (unpaired) electrons. The average Bonchev–Trinajstić information content (AvgIpc) is 2.69. The molecule has 130 valence electrons. The maximum Gasteiger partial charge on any atom is 0.192 e. The molecule has 1 rings (SSSR count). The molecule has 2 nitrogen and oxygen atoms in total. The lowest BCUT2D eigenvalue weighted by Crippen LogP contribution is -2.48. The summed E-state index contributed by atoms with van der Waals surface area (Å²) in [6, 6.07) is 3.42. The molecule has 4 atom stereocenters. The summed E-state index contributed by atoms with van der Waals surface area (Å²) in [5.41, 5.74) is -0.221. The van der Waals surface area contributed by atoms with Gasteiger partial charge in [-0.2, -0.15) is 0 Å². The number of Topliss-reactive ketones (excluding diaryl/α,β-unsaturated/α-hetero) is 1. The Bertz CT molecular complexity index is 392. The molecule has 0 saturated heterocycles. The van der Waals surface area contributed by atoms with Crippen molar-refractivity contribution in [3.8, 4) is 0 Å². The first-order valence-corrected chi connectivity index (χ1v) is 11.8. The van der Waals surface area contributed by atoms with Gasteiger partial charge in [-0.1, -0.05) is 27.7 Å². The Morgan fingerprint density at radius 3 is 2.00 bits per heavy atom. The lowest BCUT2D eigenvalue weighted by molar-refractivity contribution is -0.124. The fraction of sp³-hybridized carbons (Fsp3) is 0.944. The monoisotopic (exact) mass is 346 g/mol. The third-order valence-corrected chi connectivity index (χ3v) is 11.3. The van der Waals surface area contributed by atoms with Crippen molar-refractivity contribution in [2.45, 2.75) is 90.4 Å². The molecule has 0 amide bonds. The summed E-state index contributed by atoms with van der Waals surface area (Å²) in [5.74, 6) is 0.679. The molecule has 1 saturated carbocycles. The second-order valence-electron chi connectivity index (χ2n) is 7.96. The van der Waals surface area contributed by atoms with Gasteiger partial charge in [-0.25, -0.2) is 0 Å². The number of carbonyl (C=O) groups is 1. The molecular formula is C18H35ClO2Si. The highest BCUT2D eigenvalue weighted by atomic mass is 35.5. The first-order valence-electron chi connectivity index (χ1n) is 8.86. The number of halogens is 1. The third-order valence-electron chi connectivity index (χ3n) is 6.29. The second-order valence-corrected chi connectivity index (χ2v) is 13.6. The fourth-order valence-electron chi connectivity index (χ4n) is 4.38. The van der Waals surface area contributed by atoms with E-state index < -0.39 is 8.32 Å². The van der Waals surface area contributed by atoms with Crippen LogP contribution in [-0.4, -0.2) is 24.6 Å². The van der Waals surface area contributed by atoms with Crippen LogP contribution >= 0.6 is 11.6 Å². The van der Waals surface area contributed by atoms with E-state index in [1.54, 1.807) is 6.92 Å². The van der Waals surface area contributed by atoms with Crippen LogP contribution in [0.2, 0.25) is 18.1 Å². The molecule has 1 aliphatic rings. The number of rotatable bonds is 7. The van der Waals surface area contributed by atoms with Crippen LogP contribution in [0.25, 0.3) is 0 Å². The van der Waals surface area contributed by atoms with Crippen LogP contribution in [0.4, 0.5) is 0 Å². The highest BCUT2D eigenvalue weighted by Gasteiger charge is 2.56. The predicted molar refractivity (Wildman–Crippen MR) is 98.1 cm³/mol. The van der Waals surface area contributed by atoms with Crippen molar-refractivity contribution in [3.63, 3.8) is 0 Å². The summed E-state index contributed by atoms with van der Waals surface area (Å²) in [5, 5.41) is 0. The molecule has 0 heterocycles. The molecule has 0 aromatic rings. The van der Waals surface area contributed by atoms with Crippen LogP contribution in [0.5, 0.6) is 0 Å². The summed E-state index contributed by atoms with van der Waals surface area (Å²) >= 11 is 6.65. The quantitative estimate of drug-likeness (QED) is 0.440. The molecular weight excluding hydrogens is 312 g/mol. The Balaban J connectivity index is 3.16. The van der Waals surface area contributed by atoms with E-state index in [-0.39, 0.29) is 34.0 Å². The van der Waals surface area contributed by atoms with Crippen LogP contribution in [-0.2, 0) is 9.22 Å². The van der Waals surface area contributed by atoms with Gasteiger partial charge in [0, 0.05) is 10.8 Å². The Morgan fingerprint density at radius 1 is 1.27 bits per heavy atom. The Hall–Kier alpha value is 0.137. The Labute approximate surface area is 143 Å². The van der Waals surface area contributed by atoms with Gasteiger partial charge in [-0.3, -0.25) is 4.79 Å². The van der Waals surface area contributed by atoms with Gasteiger partial charge in [0.25, 0.3) is 0 Å². The Kier molecular flexibility index (Phi) is 6.37. The smallest absolute Gasteiger partial charge is 0.192 e. The van der Waals surface area contributed by atoms with Crippen molar-refractivity contribution >= 4 is 25.7 Å². The van der Waals surface area contributed by atoms with E-state index >= 15 is 0 Å². The number of carbonyl (C=O) groups excluding carboxylic acids is 1. The van der Waals surface area contributed by atoms with Crippen LogP contribution in [0.1, 0.15) is 61.8 Å². The summed E-state index contributed by atoms with van der Waals surface area (Å²) < 4.78 is 6.88. The van der Waals surface area contributed by atoms with Gasteiger partial charge in [0.1, 0.15) is 5.78 Å². The predicted octanol–water partition coefficient (Wildman–Crippen LogP) is 5.65. The molecule has 0 N–H and O–H groups in total. The molecule has 0 aliphatic heterocycles. The van der Waals surface area contributed by atoms with Gasteiger partial charge < -0.3 is 4.43 Å². The zero-order valence-electron chi connectivity index (χ0n) is 15.8. The topological polar surface area (TPSA) is 26.3 Å². The second kappa shape index (κ2) is 6.94. The van der Waals surface area contributed by atoms with Crippen LogP contribution in [0, 0.1) is 17.8 Å². The molecule has 0 spiro atoms. The summed E-state index contributed by atoms with van der Waals surface area (Å²) in [7, 11) is -1.70. The molecule has 0 aromatic heterocycles. The van der Waals surface area contributed by atoms with Crippen molar-refractivity contribution in [2.24, 2.45) is 17.8 Å². The highest BCUT2D eigenvalue weighted by molar-refractivity contribution is 6.73. The summed E-state index contributed by atoms with van der Waals surface area (Å²) in [6.45, 7) is 17.0. The zero-order valence-corrected chi connectivity index (χ0v) is 17.5. The molecule has 1 fully saturated rings. The van der Waals surface area contributed by atoms with Gasteiger partial charge in [0.2, 0.25) is 0 Å². The standard InChI is InChI=1S/C18H35ClO2Si/c1-9-22(10-2,11-3)21-18(8)12-15(17(6,7)19)16(13(18)4)14(5)20/h13,15-16H,9-12H2,1-8H3/t13-,15-,16+,18+/m1/s1. The number of ketones is 1. The first kappa shape index (κ1) is 20.2. The first-order chi connectivity index (χ1) is 9.96. The summed E-state index contributed by atoms with van der Waals surface area (Å²) in [6.07, 6.45) is 0.893. The number of hydrogen-bond donors (Lipinski definition) is 0. The highest BCUT2D eigenvalue weighted by Crippen LogP contribution is 2.53. The van der Waals surface area contributed by atoms with Gasteiger partial charge in [-0.15, -0.1) is 11.6 Å². The molecule has 1 aliphatic carbocycles. The van der Waals surface area contributed by atoms with E-state index in [1.165, 1.54) is 0 Å². The lowest BCUT2D eigenvalue weighted by Gasteiger charge is -2.41. The molecule has 0 bridgehead atoms. The van der Waals surface area contributed by atoms with Crippen molar-refractivity contribution in [3.05, 3.63) is 0 Å². The average molecular weight is 347 g/mol. The normalized spacial score (nSPS) is 33.2. The van der Waals surface area contributed by atoms with Crippen molar-refractivity contribution < 1.29 is 9.22 Å². The maximum absolute atomic E-state index is 12.3.